The third-order valence-corrected chi connectivity index (χ3v) is 1.24. The lowest BCUT2D eigenvalue weighted by Crippen LogP contribution is -2.31. The molecule has 1 fully saturated rings. The van der Waals surface area contributed by atoms with E-state index in [2.05, 4.69) is 5.32 Å². The van der Waals surface area contributed by atoms with Crippen molar-refractivity contribution in [3.63, 3.8) is 0 Å². The van der Waals surface area contributed by atoms with Crippen molar-refractivity contribution >= 4 is 17.9 Å². The monoisotopic (exact) mass is 160 g/mol. The molecule has 62 valence electrons. The highest BCUT2D eigenvalue weighted by Gasteiger charge is 2.30. The van der Waals surface area contributed by atoms with E-state index in [0.717, 1.165) is 0 Å². The molecular formula is C5H8N2O4. The number of amides is 3. The highest BCUT2D eigenvalue weighted by Crippen LogP contribution is 1.97. The second-order valence-electron chi connectivity index (χ2n) is 2.11. The van der Waals surface area contributed by atoms with Gasteiger partial charge in [-0.3, -0.25) is 14.9 Å². The van der Waals surface area contributed by atoms with Gasteiger partial charge in [0, 0.05) is 1.43 Å². The van der Waals surface area contributed by atoms with E-state index in [1.807, 2.05) is 5.32 Å². The molecule has 1 aliphatic rings. The number of urea groups is 1. The Bertz CT molecular complexity index is 229. The molecule has 0 aromatic carbocycles. The van der Waals surface area contributed by atoms with Crippen LogP contribution in [0.4, 0.5) is 4.79 Å². The number of hydrogen-bond donors (Lipinski definition) is 3. The summed E-state index contributed by atoms with van der Waals surface area (Å²) >= 11 is 0. The van der Waals surface area contributed by atoms with Crippen molar-refractivity contribution in [2.24, 2.45) is 0 Å². The number of rotatable bonds is 2. The Kier molecular flexibility index (Phi) is 1.75. The second kappa shape index (κ2) is 2.57. The molecule has 3 N–H and O–H groups in total. The zero-order valence-corrected chi connectivity index (χ0v) is 5.46. The average Bonchev–Trinajstić information content (AvgIpc) is 2.09. The van der Waals surface area contributed by atoms with Crippen molar-refractivity contribution in [1.29, 1.82) is 0 Å². The third-order valence-electron chi connectivity index (χ3n) is 1.24. The highest BCUT2D eigenvalue weighted by atomic mass is 16.4. The summed E-state index contributed by atoms with van der Waals surface area (Å²) < 4.78 is 0. The van der Waals surface area contributed by atoms with Crippen LogP contribution in [0.1, 0.15) is 7.85 Å². The van der Waals surface area contributed by atoms with Gasteiger partial charge < -0.3 is 10.4 Å². The Morgan fingerprint density at radius 3 is 2.64 bits per heavy atom. The molecule has 0 aromatic heterocycles. The summed E-state index contributed by atoms with van der Waals surface area (Å²) in [7, 11) is 0. The Morgan fingerprint density at radius 1 is 1.64 bits per heavy atom. The van der Waals surface area contributed by atoms with Crippen LogP contribution >= 0.6 is 0 Å². The van der Waals surface area contributed by atoms with E-state index >= 15 is 0 Å². The topological polar surface area (TPSA) is 95.5 Å². The maximum Gasteiger partial charge on any atom is 0.322 e. The van der Waals surface area contributed by atoms with Crippen LogP contribution in [0.15, 0.2) is 0 Å². The fourth-order valence-electron chi connectivity index (χ4n) is 0.777. The van der Waals surface area contributed by atoms with E-state index in [0.29, 0.717) is 0 Å². The molecule has 0 bridgehead atoms. The molecule has 1 saturated heterocycles. The first-order valence-corrected chi connectivity index (χ1v) is 2.93. The van der Waals surface area contributed by atoms with Gasteiger partial charge in [0.2, 0.25) is 0 Å². The van der Waals surface area contributed by atoms with Crippen LogP contribution in [-0.2, 0) is 9.59 Å². The molecule has 1 rings (SSSR count). The molecular weight excluding hydrogens is 152 g/mol. The lowest BCUT2D eigenvalue weighted by molar-refractivity contribution is -0.139. The summed E-state index contributed by atoms with van der Waals surface area (Å²) in [6.45, 7) is 0. The molecule has 0 saturated carbocycles. The van der Waals surface area contributed by atoms with Gasteiger partial charge in [0.15, 0.2) is 0 Å². The van der Waals surface area contributed by atoms with E-state index in [9.17, 15) is 14.4 Å². The summed E-state index contributed by atoms with van der Waals surface area (Å²) in [4.78, 5) is 31.1. The van der Waals surface area contributed by atoms with Gasteiger partial charge in [0.05, 0.1) is 6.42 Å². The molecule has 6 heteroatoms. The minimum Gasteiger partial charge on any atom is -0.481 e. The van der Waals surface area contributed by atoms with E-state index < -0.39 is 23.9 Å². The van der Waals surface area contributed by atoms with E-state index in [-0.39, 0.29) is 7.85 Å². The Balaban J connectivity index is 0.00000121. The first-order chi connectivity index (χ1) is 5.09. The summed E-state index contributed by atoms with van der Waals surface area (Å²) in [6.07, 6.45) is -0.377. The molecule has 6 nitrogen and oxygen atoms in total. The number of hydrogen-bond acceptors (Lipinski definition) is 3. The highest BCUT2D eigenvalue weighted by molar-refractivity contribution is 6.05. The number of nitrogens with one attached hydrogen (secondary N) is 2. The summed E-state index contributed by atoms with van der Waals surface area (Å²) in [6, 6.07) is -1.55. The summed E-state index contributed by atoms with van der Waals surface area (Å²) in [5, 5.41) is 12.3. The van der Waals surface area contributed by atoms with Gasteiger partial charge in [-0.2, -0.15) is 0 Å². The van der Waals surface area contributed by atoms with Crippen LogP contribution in [-0.4, -0.2) is 29.1 Å². The quantitative estimate of drug-likeness (QED) is 0.447. The SMILES string of the molecule is O=C(O)CC1NC(=O)NC1=O.[HH]. The Morgan fingerprint density at radius 2 is 2.27 bits per heavy atom. The van der Waals surface area contributed by atoms with Crippen molar-refractivity contribution in [1.82, 2.24) is 10.6 Å². The van der Waals surface area contributed by atoms with Gasteiger partial charge in [-0.1, -0.05) is 0 Å². The predicted molar refractivity (Wildman–Crippen MR) is 34.8 cm³/mol. The first-order valence-electron chi connectivity index (χ1n) is 2.93. The number of carbonyl (C=O) groups is 3. The Labute approximate surface area is 63.1 Å². The predicted octanol–water partition coefficient (Wildman–Crippen LogP) is -1.08. The summed E-state index contributed by atoms with van der Waals surface area (Å²) in [5.41, 5.74) is 0. The van der Waals surface area contributed by atoms with E-state index in [1.54, 1.807) is 0 Å². The van der Waals surface area contributed by atoms with Gasteiger partial charge in [-0.25, -0.2) is 4.79 Å². The lowest BCUT2D eigenvalue weighted by atomic mass is 10.2. The van der Waals surface area contributed by atoms with E-state index in [1.165, 1.54) is 0 Å². The minimum absolute atomic E-state index is 0. The van der Waals surface area contributed by atoms with Gasteiger partial charge >= 0.3 is 12.0 Å². The minimum atomic E-state index is -1.12. The first kappa shape index (κ1) is 7.52. The van der Waals surface area contributed by atoms with Crippen LogP contribution in [0.2, 0.25) is 0 Å². The van der Waals surface area contributed by atoms with Crippen LogP contribution in [0.3, 0.4) is 0 Å². The zero-order valence-electron chi connectivity index (χ0n) is 5.46. The van der Waals surface area contributed by atoms with Crippen molar-refractivity contribution in [2.45, 2.75) is 12.5 Å². The van der Waals surface area contributed by atoms with E-state index in [4.69, 9.17) is 5.11 Å². The maximum atomic E-state index is 10.7. The summed E-state index contributed by atoms with van der Waals surface area (Å²) in [5.74, 6) is -1.70. The standard InChI is InChI=1S/C5H6N2O4.H2/c8-3(9)1-2-4(10)7-5(11)6-2;/h2H,1H2,(H,8,9)(H2,6,7,10,11);1H. The van der Waals surface area contributed by atoms with Gasteiger partial charge in [-0.05, 0) is 0 Å². The zero-order chi connectivity index (χ0) is 8.43. The van der Waals surface area contributed by atoms with Crippen LogP contribution in [0.5, 0.6) is 0 Å². The van der Waals surface area contributed by atoms with Crippen molar-refractivity contribution in [3.8, 4) is 0 Å². The van der Waals surface area contributed by atoms with Crippen molar-refractivity contribution in [3.05, 3.63) is 0 Å². The number of carboxylic acids is 1. The molecule has 3 amide bonds. The van der Waals surface area contributed by atoms with Crippen molar-refractivity contribution < 1.29 is 20.9 Å². The average molecular weight is 160 g/mol. The molecule has 1 atom stereocenters. The van der Waals surface area contributed by atoms with Gasteiger partial charge in [0.25, 0.3) is 5.91 Å². The van der Waals surface area contributed by atoms with Crippen molar-refractivity contribution in [2.75, 3.05) is 0 Å². The molecule has 0 radical (unpaired) electrons. The molecule has 1 heterocycles. The molecule has 0 spiro atoms. The largest absolute Gasteiger partial charge is 0.481 e. The fraction of sp³-hybridized carbons (Fsp3) is 0.400. The van der Waals surface area contributed by atoms with Crippen LogP contribution < -0.4 is 10.6 Å². The second-order valence-corrected chi connectivity index (χ2v) is 2.11. The smallest absolute Gasteiger partial charge is 0.322 e. The molecule has 1 unspecified atom stereocenters. The van der Waals surface area contributed by atoms with Crippen LogP contribution in [0.25, 0.3) is 0 Å². The van der Waals surface area contributed by atoms with Gasteiger partial charge in [-0.15, -0.1) is 0 Å². The number of carbonyl (C=O) groups excluding carboxylic acids is 2. The third kappa shape index (κ3) is 1.66. The lowest BCUT2D eigenvalue weighted by Gasteiger charge is -2.00. The maximum absolute atomic E-state index is 10.7. The molecule has 0 aromatic rings. The van der Waals surface area contributed by atoms with Crippen LogP contribution in [0, 0.1) is 0 Å². The normalized spacial score (nSPS) is 22.7. The Hall–Kier alpha value is -1.59. The fourth-order valence-corrected chi connectivity index (χ4v) is 0.777. The molecule has 11 heavy (non-hydrogen) atoms. The molecule has 0 aliphatic carbocycles. The molecule has 1 aliphatic heterocycles. The number of imide groups is 1. The number of carboxylic acid groups (broad SMARTS) is 1. The van der Waals surface area contributed by atoms with Gasteiger partial charge in [0.1, 0.15) is 6.04 Å². The number of aliphatic carboxylic acids is 1.